The van der Waals surface area contributed by atoms with Gasteiger partial charge in [0.2, 0.25) is 6.71 Å². The number of hydrogen-bond acceptors (Lipinski definition) is 3. The molecule has 2 unspecified atom stereocenters. The van der Waals surface area contributed by atoms with E-state index >= 15 is 0 Å². The summed E-state index contributed by atoms with van der Waals surface area (Å²) in [6.07, 6.45) is 2.41. The molecule has 63 heavy (non-hydrogen) atoms. The van der Waals surface area contributed by atoms with Gasteiger partial charge in [0.1, 0.15) is 0 Å². The van der Waals surface area contributed by atoms with Crippen LogP contribution in [-0.4, -0.2) is 11.9 Å². The van der Waals surface area contributed by atoms with Crippen molar-refractivity contribution >= 4 is 57.8 Å². The minimum Gasteiger partial charge on any atom is -0.333 e. The first-order valence-corrected chi connectivity index (χ1v) is 24.5. The minimum absolute atomic E-state index is 0.00482. The van der Waals surface area contributed by atoms with Gasteiger partial charge < -0.3 is 9.80 Å². The molecule has 0 saturated heterocycles. The molecule has 0 amide bonds. The van der Waals surface area contributed by atoms with Crippen molar-refractivity contribution in [2.24, 2.45) is 0 Å². The van der Waals surface area contributed by atoms with E-state index in [1.54, 1.807) is 11.1 Å². The molecule has 0 aromatic heterocycles. The molecule has 1 aliphatic carbocycles. The molecule has 10 rings (SSSR count). The lowest BCUT2D eigenvalue weighted by Gasteiger charge is -2.49. The molecule has 0 spiro atoms. The number of rotatable bonds is 3. The van der Waals surface area contributed by atoms with Gasteiger partial charge in [-0.3, -0.25) is 0 Å². The molecular formula is C59H67BN2S. The Labute approximate surface area is 384 Å². The molecule has 0 saturated carbocycles. The predicted octanol–water partition coefficient (Wildman–Crippen LogP) is 15.2. The summed E-state index contributed by atoms with van der Waals surface area (Å²) in [6.45, 7) is 33.5. The quantitative estimate of drug-likeness (QED) is 0.164. The van der Waals surface area contributed by atoms with Crippen LogP contribution in [0.1, 0.15) is 148 Å². The van der Waals surface area contributed by atoms with Gasteiger partial charge >= 0.3 is 0 Å². The number of fused-ring (bicyclic) bond motifs is 7. The Morgan fingerprint density at radius 2 is 1.13 bits per heavy atom. The van der Waals surface area contributed by atoms with E-state index in [4.69, 9.17) is 0 Å². The second-order valence-electron chi connectivity index (χ2n) is 23.8. The van der Waals surface area contributed by atoms with Gasteiger partial charge in [0.05, 0.1) is 6.04 Å². The summed E-state index contributed by atoms with van der Waals surface area (Å²) in [7, 11) is 0. The van der Waals surface area contributed by atoms with Gasteiger partial charge in [0.25, 0.3) is 0 Å². The Balaban J connectivity index is 1.31. The third-order valence-electron chi connectivity index (χ3n) is 15.2. The minimum atomic E-state index is 0.00482. The van der Waals surface area contributed by atoms with Crippen molar-refractivity contribution in [1.29, 1.82) is 0 Å². The Morgan fingerprint density at radius 1 is 0.571 bits per heavy atom. The summed E-state index contributed by atoms with van der Waals surface area (Å²) in [5.74, 6) is 0. The van der Waals surface area contributed by atoms with Gasteiger partial charge in [-0.05, 0) is 151 Å². The smallest absolute Gasteiger partial charge is 0.233 e. The Hall–Kier alpha value is -4.67. The van der Waals surface area contributed by atoms with Crippen LogP contribution in [0, 0.1) is 6.92 Å². The maximum Gasteiger partial charge on any atom is 0.233 e. The Morgan fingerprint density at radius 3 is 1.75 bits per heavy atom. The van der Waals surface area contributed by atoms with Crippen LogP contribution in [0.3, 0.4) is 0 Å². The summed E-state index contributed by atoms with van der Waals surface area (Å²) in [5.41, 5.74) is 22.2. The molecule has 3 aliphatic heterocycles. The van der Waals surface area contributed by atoms with E-state index in [1.165, 1.54) is 96.0 Å². The van der Waals surface area contributed by atoms with Crippen molar-refractivity contribution in [2.45, 2.75) is 153 Å². The third-order valence-corrected chi connectivity index (χ3v) is 16.7. The second kappa shape index (κ2) is 14.2. The molecule has 3 heterocycles. The molecule has 0 N–H and O–H groups in total. The Kier molecular flexibility index (Phi) is 9.51. The van der Waals surface area contributed by atoms with Crippen LogP contribution in [0.15, 0.2) is 120 Å². The molecular weight excluding hydrogens is 780 g/mol. The van der Waals surface area contributed by atoms with E-state index in [-0.39, 0.29) is 45.0 Å². The van der Waals surface area contributed by atoms with Gasteiger partial charge in [0, 0.05) is 44.0 Å². The van der Waals surface area contributed by atoms with Crippen molar-refractivity contribution in [3.63, 3.8) is 0 Å². The fraction of sp³-hybridized carbons (Fsp3) is 0.390. The summed E-state index contributed by atoms with van der Waals surface area (Å²) in [6, 6.07) is 46.0. The van der Waals surface area contributed by atoms with Crippen molar-refractivity contribution in [1.82, 2.24) is 0 Å². The van der Waals surface area contributed by atoms with Gasteiger partial charge in [0.15, 0.2) is 0 Å². The van der Waals surface area contributed by atoms with Crippen molar-refractivity contribution in [3.05, 3.63) is 154 Å². The molecule has 322 valence electrons. The van der Waals surface area contributed by atoms with E-state index in [9.17, 15) is 0 Å². The van der Waals surface area contributed by atoms with Crippen LogP contribution >= 0.6 is 11.8 Å². The SMILES string of the molecule is Cc1cc2c3c(c1)N(c1ccc(C(C)(C)C)cc1-c1ccccc1)C1c4cc5c(cc4SC1B3c1cc(C(C)(C)C)ccc1N2c1ccc(C(C)(C)C)cc1)C(C)(C)CCC5(C)C. The standard InChI is InChI=1S/C59H67BN2S/c1-36-30-49-52-50(31-36)62(47-26-22-39(56(5,6)7)32-42(47)37-18-16-15-17-19-37)53-43-34-44-45(59(13,14)29-28-58(44,11)12)35-51(43)63-54(53)60(52)46-33-40(57(8,9)10)23-27-48(46)61(49)41-24-20-38(21-25-41)55(2,3)4/h15-27,30-35,53-54H,28-29H2,1-14H3. The monoisotopic (exact) mass is 847 g/mol. The topological polar surface area (TPSA) is 6.48 Å². The normalized spacial score (nSPS) is 19.6. The number of thioether (sulfide) groups is 1. The van der Waals surface area contributed by atoms with Crippen LogP contribution in [0.2, 0.25) is 0 Å². The van der Waals surface area contributed by atoms with Crippen LogP contribution in [0.25, 0.3) is 11.1 Å². The molecule has 0 fully saturated rings. The number of aryl methyl sites for hydroxylation is 1. The van der Waals surface area contributed by atoms with E-state index in [0.29, 0.717) is 0 Å². The summed E-state index contributed by atoms with van der Waals surface area (Å²) >= 11 is 2.16. The molecule has 2 atom stereocenters. The lowest BCUT2D eigenvalue weighted by molar-refractivity contribution is 0.330. The lowest BCUT2D eigenvalue weighted by atomic mass is 9.33. The van der Waals surface area contributed by atoms with Crippen molar-refractivity contribution in [2.75, 3.05) is 9.80 Å². The highest BCUT2D eigenvalue weighted by molar-refractivity contribution is 8.02. The zero-order chi connectivity index (χ0) is 44.8. The highest BCUT2D eigenvalue weighted by Crippen LogP contribution is 2.60. The average Bonchev–Trinajstić information content (AvgIpc) is 3.59. The van der Waals surface area contributed by atoms with Gasteiger partial charge in [-0.15, -0.1) is 11.8 Å². The van der Waals surface area contributed by atoms with Gasteiger partial charge in [-0.25, -0.2) is 0 Å². The Bertz CT molecular complexity index is 2790. The fourth-order valence-electron chi connectivity index (χ4n) is 11.3. The fourth-order valence-corrected chi connectivity index (χ4v) is 12.9. The molecule has 0 radical (unpaired) electrons. The zero-order valence-electron chi connectivity index (χ0n) is 40.4. The van der Waals surface area contributed by atoms with Crippen molar-refractivity contribution in [3.8, 4) is 11.1 Å². The summed E-state index contributed by atoms with van der Waals surface area (Å²) < 4.78 is 0. The van der Waals surface area contributed by atoms with Gasteiger partial charge in [-0.2, -0.15) is 0 Å². The third kappa shape index (κ3) is 6.83. The van der Waals surface area contributed by atoms with E-state index in [0.717, 1.165) is 0 Å². The molecule has 2 nitrogen and oxygen atoms in total. The molecule has 4 aliphatic rings. The predicted molar refractivity (Wildman–Crippen MR) is 275 cm³/mol. The second-order valence-corrected chi connectivity index (χ2v) is 25.0. The average molecular weight is 847 g/mol. The van der Waals surface area contributed by atoms with Crippen LogP contribution in [0.5, 0.6) is 0 Å². The summed E-state index contributed by atoms with van der Waals surface area (Å²) in [4.78, 5) is 6.90. The van der Waals surface area contributed by atoms with E-state index in [1.807, 2.05) is 0 Å². The first-order chi connectivity index (χ1) is 29.5. The number of benzene rings is 6. The van der Waals surface area contributed by atoms with Crippen LogP contribution in [-0.2, 0) is 27.1 Å². The first-order valence-electron chi connectivity index (χ1n) is 23.6. The van der Waals surface area contributed by atoms with Crippen molar-refractivity contribution < 1.29 is 0 Å². The van der Waals surface area contributed by atoms with E-state index in [2.05, 4.69) is 234 Å². The number of anilines is 5. The molecule has 6 aromatic rings. The number of nitrogens with zero attached hydrogens (tertiary/aromatic N) is 2. The zero-order valence-corrected chi connectivity index (χ0v) is 41.2. The first kappa shape index (κ1) is 42.3. The maximum absolute atomic E-state index is 2.83. The molecule has 0 bridgehead atoms. The van der Waals surface area contributed by atoms with Crippen LogP contribution < -0.4 is 20.7 Å². The number of hydrogen-bond donors (Lipinski definition) is 0. The highest BCUT2D eigenvalue weighted by atomic mass is 32.2. The molecule has 4 heteroatoms. The summed E-state index contributed by atoms with van der Waals surface area (Å²) in [5, 5.41) is 0.245. The largest absolute Gasteiger partial charge is 0.333 e. The molecule has 6 aromatic carbocycles. The lowest BCUT2D eigenvalue weighted by Crippen LogP contribution is -2.63. The van der Waals surface area contributed by atoms with E-state index < -0.39 is 0 Å². The van der Waals surface area contributed by atoms with Crippen LogP contribution in [0.4, 0.5) is 28.4 Å². The highest BCUT2D eigenvalue weighted by Gasteiger charge is 2.55. The maximum atomic E-state index is 2.83. The van der Waals surface area contributed by atoms with Gasteiger partial charge in [-0.1, -0.05) is 157 Å².